The number of ether oxygens (including phenoxy) is 1. The largest absolute Gasteiger partial charge is 0.497 e. The summed E-state index contributed by atoms with van der Waals surface area (Å²) in [7, 11) is 1.50. The highest BCUT2D eigenvalue weighted by molar-refractivity contribution is 9.10. The number of carboxylic acids is 1. The van der Waals surface area contributed by atoms with E-state index >= 15 is 0 Å². The molecule has 1 atom stereocenters. The highest BCUT2D eigenvalue weighted by atomic mass is 79.9. The van der Waals surface area contributed by atoms with Crippen molar-refractivity contribution >= 4 is 33.6 Å². The number of hydrogen-bond donors (Lipinski definition) is 3. The van der Waals surface area contributed by atoms with Gasteiger partial charge in [0.1, 0.15) is 11.8 Å². The Morgan fingerprint density at radius 3 is 2.80 bits per heavy atom. The first-order valence-electron chi connectivity index (χ1n) is 5.55. The molecule has 106 valence electrons. The Morgan fingerprint density at radius 2 is 2.25 bits per heavy atom. The van der Waals surface area contributed by atoms with E-state index in [1.54, 1.807) is 18.2 Å². The molecule has 0 aliphatic rings. The lowest BCUT2D eigenvalue weighted by Gasteiger charge is -2.14. The van der Waals surface area contributed by atoms with E-state index in [2.05, 4.69) is 32.5 Å². The van der Waals surface area contributed by atoms with Crippen molar-refractivity contribution in [3.8, 4) is 18.1 Å². The lowest BCUT2D eigenvalue weighted by atomic mass is 10.2. The molecule has 1 unspecified atom stereocenters. The van der Waals surface area contributed by atoms with E-state index in [-0.39, 0.29) is 6.42 Å². The van der Waals surface area contributed by atoms with Crippen LogP contribution in [0.15, 0.2) is 22.7 Å². The van der Waals surface area contributed by atoms with Crippen molar-refractivity contribution in [2.75, 3.05) is 12.4 Å². The molecule has 0 fully saturated rings. The molecule has 0 aliphatic heterocycles. The third kappa shape index (κ3) is 4.48. The van der Waals surface area contributed by atoms with E-state index < -0.39 is 18.0 Å². The SMILES string of the molecule is C#CCC(NC(=O)Nc1cc(OC)ccc1Br)C(=O)O. The predicted molar refractivity (Wildman–Crippen MR) is 77.7 cm³/mol. The molecule has 0 heterocycles. The predicted octanol–water partition coefficient (Wildman–Crippen LogP) is 2.06. The van der Waals surface area contributed by atoms with Crippen molar-refractivity contribution in [3.63, 3.8) is 0 Å². The van der Waals surface area contributed by atoms with Gasteiger partial charge in [0.05, 0.1) is 12.8 Å². The quantitative estimate of drug-likeness (QED) is 0.716. The summed E-state index contributed by atoms with van der Waals surface area (Å²) < 4.78 is 5.67. The van der Waals surface area contributed by atoms with E-state index in [4.69, 9.17) is 16.3 Å². The zero-order valence-electron chi connectivity index (χ0n) is 10.6. The minimum Gasteiger partial charge on any atom is -0.497 e. The van der Waals surface area contributed by atoms with Crippen molar-refractivity contribution in [1.82, 2.24) is 5.32 Å². The second-order valence-corrected chi connectivity index (χ2v) is 4.60. The smallest absolute Gasteiger partial charge is 0.327 e. The molecule has 0 aromatic heterocycles. The molecule has 0 saturated carbocycles. The molecule has 1 aromatic rings. The van der Waals surface area contributed by atoms with Crippen molar-refractivity contribution in [2.45, 2.75) is 12.5 Å². The van der Waals surface area contributed by atoms with Crippen molar-refractivity contribution < 1.29 is 19.4 Å². The van der Waals surface area contributed by atoms with Crippen LogP contribution in [0.3, 0.4) is 0 Å². The maximum Gasteiger partial charge on any atom is 0.327 e. The Hall–Kier alpha value is -2.20. The van der Waals surface area contributed by atoms with E-state index in [9.17, 15) is 9.59 Å². The summed E-state index contributed by atoms with van der Waals surface area (Å²) in [5, 5.41) is 13.7. The van der Waals surface area contributed by atoms with E-state index in [1.165, 1.54) is 7.11 Å². The van der Waals surface area contributed by atoms with Crippen LogP contribution in [0.5, 0.6) is 5.75 Å². The number of anilines is 1. The summed E-state index contributed by atoms with van der Waals surface area (Å²) in [6, 6.07) is 3.21. The van der Waals surface area contributed by atoms with Crippen molar-refractivity contribution in [3.05, 3.63) is 22.7 Å². The third-order valence-electron chi connectivity index (χ3n) is 2.35. The maximum atomic E-state index is 11.7. The number of aliphatic carboxylic acids is 1. The Bertz CT molecular complexity index is 554. The minimum absolute atomic E-state index is 0.0952. The van der Waals surface area contributed by atoms with Crippen LogP contribution in [-0.4, -0.2) is 30.3 Å². The first-order valence-corrected chi connectivity index (χ1v) is 6.34. The van der Waals surface area contributed by atoms with Gasteiger partial charge in [0.25, 0.3) is 0 Å². The van der Waals surface area contributed by atoms with Crippen molar-refractivity contribution in [1.29, 1.82) is 0 Å². The first-order chi connectivity index (χ1) is 9.47. The van der Waals surface area contributed by atoms with Crippen LogP contribution in [0.1, 0.15) is 6.42 Å². The van der Waals surface area contributed by atoms with Crippen LogP contribution in [0.4, 0.5) is 10.5 Å². The van der Waals surface area contributed by atoms with Gasteiger partial charge in [0.15, 0.2) is 0 Å². The normalized spacial score (nSPS) is 11.1. The fourth-order valence-corrected chi connectivity index (χ4v) is 1.71. The standard InChI is InChI=1S/C13H13BrN2O4/c1-3-4-10(12(17)18)15-13(19)16-11-7-8(20-2)5-6-9(11)14/h1,5-7,10H,4H2,2H3,(H,17,18)(H2,15,16,19). The molecule has 3 N–H and O–H groups in total. The number of hydrogen-bond acceptors (Lipinski definition) is 3. The summed E-state index contributed by atoms with van der Waals surface area (Å²) in [6.45, 7) is 0. The molecule has 0 saturated heterocycles. The van der Waals surface area contributed by atoms with Crippen LogP contribution < -0.4 is 15.4 Å². The maximum absolute atomic E-state index is 11.7. The summed E-state index contributed by atoms with van der Waals surface area (Å²) in [6.07, 6.45) is 4.95. The molecule has 6 nitrogen and oxygen atoms in total. The monoisotopic (exact) mass is 340 g/mol. The molecule has 2 amide bonds. The van der Waals surface area contributed by atoms with Crippen LogP contribution in [-0.2, 0) is 4.79 Å². The summed E-state index contributed by atoms with van der Waals surface area (Å²) in [5.41, 5.74) is 0.451. The number of carbonyl (C=O) groups is 2. The average molecular weight is 341 g/mol. The lowest BCUT2D eigenvalue weighted by Crippen LogP contribution is -2.42. The van der Waals surface area contributed by atoms with E-state index in [0.29, 0.717) is 15.9 Å². The topological polar surface area (TPSA) is 87.7 Å². The Morgan fingerprint density at radius 1 is 1.55 bits per heavy atom. The molecule has 1 aromatic carbocycles. The molecule has 0 radical (unpaired) electrons. The molecule has 1 rings (SSSR count). The zero-order valence-corrected chi connectivity index (χ0v) is 12.2. The van der Waals surface area contributed by atoms with Crippen molar-refractivity contribution in [2.24, 2.45) is 0 Å². The van der Waals surface area contributed by atoms with Gasteiger partial charge >= 0.3 is 12.0 Å². The van der Waals surface area contributed by atoms with Gasteiger partial charge in [-0.2, -0.15) is 0 Å². The highest BCUT2D eigenvalue weighted by Gasteiger charge is 2.19. The van der Waals surface area contributed by atoms with Gasteiger partial charge in [-0.15, -0.1) is 12.3 Å². The Labute approximate surface area is 124 Å². The molecule has 20 heavy (non-hydrogen) atoms. The summed E-state index contributed by atoms with van der Waals surface area (Å²) in [5.74, 6) is 1.56. The Balaban J connectivity index is 2.75. The lowest BCUT2D eigenvalue weighted by molar-refractivity contribution is -0.139. The van der Waals surface area contributed by atoms with Crippen LogP contribution in [0, 0.1) is 12.3 Å². The third-order valence-corrected chi connectivity index (χ3v) is 3.04. The zero-order chi connectivity index (χ0) is 15.1. The van der Waals surface area contributed by atoms with Gasteiger partial charge in [-0.25, -0.2) is 9.59 Å². The second-order valence-electron chi connectivity index (χ2n) is 3.74. The Kier molecular flexibility index (Phi) is 5.87. The number of rotatable bonds is 5. The number of carboxylic acid groups (broad SMARTS) is 1. The molecular weight excluding hydrogens is 328 g/mol. The first kappa shape index (κ1) is 15.9. The number of carbonyl (C=O) groups excluding carboxylic acids is 1. The number of halogens is 1. The van der Waals surface area contributed by atoms with Crippen LogP contribution in [0.2, 0.25) is 0 Å². The fourth-order valence-electron chi connectivity index (χ4n) is 1.36. The van der Waals surface area contributed by atoms with Gasteiger partial charge in [-0.05, 0) is 28.1 Å². The van der Waals surface area contributed by atoms with Gasteiger partial charge < -0.3 is 20.5 Å². The number of methoxy groups -OCH3 is 1. The van der Waals surface area contributed by atoms with Crippen LogP contribution in [0.25, 0.3) is 0 Å². The second kappa shape index (κ2) is 7.40. The summed E-state index contributed by atoms with van der Waals surface area (Å²) >= 11 is 3.27. The average Bonchev–Trinajstić information content (AvgIpc) is 2.40. The molecule has 7 heteroatoms. The van der Waals surface area contributed by atoms with Gasteiger partial charge in [0.2, 0.25) is 0 Å². The summed E-state index contributed by atoms with van der Waals surface area (Å²) in [4.78, 5) is 22.6. The van der Waals surface area contributed by atoms with E-state index in [1.807, 2.05) is 0 Å². The number of terminal acetylenes is 1. The molecular formula is C13H13BrN2O4. The minimum atomic E-state index is -1.19. The molecule has 0 aliphatic carbocycles. The van der Waals surface area contributed by atoms with Crippen LogP contribution >= 0.6 is 15.9 Å². The van der Waals surface area contributed by atoms with Gasteiger partial charge in [-0.3, -0.25) is 0 Å². The number of benzene rings is 1. The fraction of sp³-hybridized carbons (Fsp3) is 0.231. The number of amides is 2. The molecule has 0 spiro atoms. The molecule has 0 bridgehead atoms. The number of nitrogens with one attached hydrogen (secondary N) is 2. The highest BCUT2D eigenvalue weighted by Crippen LogP contribution is 2.26. The van der Waals surface area contributed by atoms with Gasteiger partial charge in [0, 0.05) is 17.0 Å². The number of urea groups is 1. The van der Waals surface area contributed by atoms with Gasteiger partial charge in [-0.1, -0.05) is 0 Å². The van der Waals surface area contributed by atoms with E-state index in [0.717, 1.165) is 0 Å².